The summed E-state index contributed by atoms with van der Waals surface area (Å²) in [4.78, 5) is 11.2. The van der Waals surface area contributed by atoms with Crippen LogP contribution in [0.1, 0.15) is 5.56 Å². The molecule has 1 amide bonds. The lowest BCUT2D eigenvalue weighted by Crippen LogP contribution is -2.43. The zero-order valence-corrected chi connectivity index (χ0v) is 9.26. The second kappa shape index (κ2) is 6.07. The Balaban J connectivity index is 2.49. The Bertz CT molecular complexity index is 375. The minimum absolute atomic E-state index is 0.0225. The van der Waals surface area contributed by atoms with Crippen molar-refractivity contribution in [2.45, 2.75) is 12.5 Å². The Morgan fingerprint density at radius 3 is 2.47 bits per heavy atom. The van der Waals surface area contributed by atoms with E-state index in [0.29, 0.717) is 5.56 Å². The maximum Gasteiger partial charge on any atom is 0.239 e. The molecule has 0 heterocycles. The second-order valence-corrected chi connectivity index (χ2v) is 3.60. The Labute approximate surface area is 98.7 Å². The van der Waals surface area contributed by atoms with Crippen LogP contribution in [0.5, 0.6) is 11.5 Å². The third-order valence-electron chi connectivity index (χ3n) is 2.33. The maximum atomic E-state index is 11.2. The molecule has 0 saturated heterocycles. The van der Waals surface area contributed by atoms with Crippen molar-refractivity contribution in [3.63, 3.8) is 0 Å². The van der Waals surface area contributed by atoms with E-state index >= 15 is 0 Å². The van der Waals surface area contributed by atoms with Crippen LogP contribution in [0.2, 0.25) is 0 Å². The van der Waals surface area contributed by atoms with Gasteiger partial charge >= 0.3 is 0 Å². The highest BCUT2D eigenvalue weighted by molar-refractivity contribution is 5.81. The van der Waals surface area contributed by atoms with Crippen molar-refractivity contribution in [1.82, 2.24) is 5.32 Å². The molecule has 0 saturated carbocycles. The van der Waals surface area contributed by atoms with Crippen molar-refractivity contribution in [3.05, 3.63) is 23.8 Å². The molecule has 0 spiro atoms. The fourth-order valence-corrected chi connectivity index (χ4v) is 1.34. The minimum atomic E-state index is -0.951. The van der Waals surface area contributed by atoms with Crippen LogP contribution >= 0.6 is 0 Å². The quantitative estimate of drug-likeness (QED) is 0.456. The first-order valence-corrected chi connectivity index (χ1v) is 5.20. The number of hydrogen-bond donors (Lipinski definition) is 5. The first kappa shape index (κ1) is 13.3. The third-order valence-corrected chi connectivity index (χ3v) is 2.33. The molecular formula is C11H16N2O4. The molecule has 0 aliphatic heterocycles. The number of hydrogen-bond acceptors (Lipinski definition) is 5. The molecule has 0 fully saturated rings. The second-order valence-electron chi connectivity index (χ2n) is 3.60. The van der Waals surface area contributed by atoms with E-state index in [9.17, 15) is 15.0 Å². The molecular weight excluding hydrogens is 224 g/mol. The van der Waals surface area contributed by atoms with Crippen LogP contribution in [0.15, 0.2) is 18.2 Å². The predicted molar refractivity (Wildman–Crippen MR) is 61.5 cm³/mol. The number of aliphatic hydroxyl groups is 1. The number of aliphatic hydroxyl groups excluding tert-OH is 1. The summed E-state index contributed by atoms with van der Waals surface area (Å²) < 4.78 is 0. The van der Waals surface area contributed by atoms with Crippen molar-refractivity contribution >= 4 is 5.91 Å². The Morgan fingerprint density at radius 2 is 1.94 bits per heavy atom. The van der Waals surface area contributed by atoms with E-state index in [-0.39, 0.29) is 24.5 Å². The van der Waals surface area contributed by atoms with Crippen molar-refractivity contribution in [3.8, 4) is 11.5 Å². The van der Waals surface area contributed by atoms with E-state index in [1.165, 1.54) is 18.2 Å². The monoisotopic (exact) mass is 240 g/mol. The summed E-state index contributed by atoms with van der Waals surface area (Å²) in [6.07, 6.45) is 0.280. The number of aromatic hydroxyl groups is 2. The number of nitrogens with two attached hydrogens (primary N) is 1. The van der Waals surface area contributed by atoms with Gasteiger partial charge in [0.1, 0.15) is 17.5 Å². The number of rotatable bonds is 5. The van der Waals surface area contributed by atoms with Gasteiger partial charge in [-0.1, -0.05) is 6.07 Å². The molecule has 6 N–H and O–H groups in total. The van der Waals surface area contributed by atoms with E-state index in [1.54, 1.807) is 0 Å². The van der Waals surface area contributed by atoms with Crippen molar-refractivity contribution in [1.29, 1.82) is 0 Å². The topological polar surface area (TPSA) is 116 Å². The number of amides is 1. The lowest BCUT2D eigenvalue weighted by molar-refractivity contribution is -0.123. The summed E-state index contributed by atoms with van der Waals surface area (Å²) >= 11 is 0. The number of phenols is 2. The molecule has 1 atom stereocenters. The molecule has 17 heavy (non-hydrogen) atoms. The SMILES string of the molecule is N[C@@H](CO)C(=O)NCCc1c(O)cccc1O. The van der Waals surface area contributed by atoms with E-state index in [2.05, 4.69) is 5.32 Å². The highest BCUT2D eigenvalue weighted by Gasteiger charge is 2.12. The van der Waals surface area contributed by atoms with Gasteiger partial charge in [0.25, 0.3) is 0 Å². The Hall–Kier alpha value is -1.79. The third kappa shape index (κ3) is 3.61. The molecule has 94 valence electrons. The molecule has 0 bridgehead atoms. The Kier molecular flexibility index (Phi) is 4.74. The summed E-state index contributed by atoms with van der Waals surface area (Å²) in [5, 5.41) is 30.1. The molecule has 1 rings (SSSR count). The summed E-state index contributed by atoms with van der Waals surface area (Å²) in [5.74, 6) is -0.515. The molecule has 0 aliphatic carbocycles. The van der Waals surface area contributed by atoms with Gasteiger partial charge in [-0.25, -0.2) is 0 Å². The zero-order valence-electron chi connectivity index (χ0n) is 9.26. The van der Waals surface area contributed by atoms with Gasteiger partial charge in [-0.2, -0.15) is 0 Å². The van der Waals surface area contributed by atoms with Crippen LogP contribution in [0.4, 0.5) is 0 Å². The van der Waals surface area contributed by atoms with Gasteiger partial charge < -0.3 is 26.4 Å². The molecule has 6 nitrogen and oxygen atoms in total. The maximum absolute atomic E-state index is 11.2. The van der Waals surface area contributed by atoms with E-state index in [1.807, 2.05) is 0 Å². The fourth-order valence-electron chi connectivity index (χ4n) is 1.34. The molecule has 0 aromatic heterocycles. The predicted octanol–water partition coefficient (Wildman–Crippen LogP) is -0.924. The van der Waals surface area contributed by atoms with Crippen molar-refractivity contribution in [2.75, 3.05) is 13.2 Å². The minimum Gasteiger partial charge on any atom is -0.508 e. The summed E-state index contributed by atoms with van der Waals surface area (Å²) in [6.45, 7) is -0.203. The van der Waals surface area contributed by atoms with E-state index in [0.717, 1.165) is 0 Å². The lowest BCUT2D eigenvalue weighted by Gasteiger charge is -2.10. The molecule has 0 aliphatic rings. The van der Waals surface area contributed by atoms with Crippen LogP contribution in [0, 0.1) is 0 Å². The molecule has 0 unspecified atom stereocenters. The van der Waals surface area contributed by atoms with E-state index in [4.69, 9.17) is 10.8 Å². The van der Waals surface area contributed by atoms with Gasteiger partial charge in [-0.05, 0) is 18.6 Å². The van der Waals surface area contributed by atoms with Crippen LogP contribution < -0.4 is 11.1 Å². The number of phenolic OH excluding ortho intramolecular Hbond substituents is 2. The largest absolute Gasteiger partial charge is 0.508 e. The van der Waals surface area contributed by atoms with E-state index < -0.39 is 18.6 Å². The standard InChI is InChI=1S/C11H16N2O4/c12-8(6-14)11(17)13-5-4-7-9(15)2-1-3-10(7)16/h1-3,8,14-16H,4-6,12H2,(H,13,17)/t8-/m0/s1. The van der Waals surface area contributed by atoms with Crippen LogP contribution in [-0.2, 0) is 11.2 Å². The molecule has 0 radical (unpaired) electrons. The average molecular weight is 240 g/mol. The highest BCUT2D eigenvalue weighted by Crippen LogP contribution is 2.26. The lowest BCUT2D eigenvalue weighted by atomic mass is 10.1. The van der Waals surface area contributed by atoms with Gasteiger partial charge in [0, 0.05) is 12.1 Å². The highest BCUT2D eigenvalue weighted by atomic mass is 16.3. The first-order valence-electron chi connectivity index (χ1n) is 5.20. The van der Waals surface area contributed by atoms with Gasteiger partial charge in [0.2, 0.25) is 5.91 Å². The van der Waals surface area contributed by atoms with Crippen LogP contribution in [0.3, 0.4) is 0 Å². The van der Waals surface area contributed by atoms with Gasteiger partial charge in [0.05, 0.1) is 6.61 Å². The smallest absolute Gasteiger partial charge is 0.239 e. The van der Waals surface area contributed by atoms with Gasteiger partial charge in [-0.3, -0.25) is 4.79 Å². The Morgan fingerprint density at radius 1 is 1.35 bits per heavy atom. The number of carbonyl (C=O) groups is 1. The van der Waals surface area contributed by atoms with Crippen LogP contribution in [0.25, 0.3) is 0 Å². The van der Waals surface area contributed by atoms with Crippen molar-refractivity contribution < 1.29 is 20.1 Å². The first-order chi connectivity index (χ1) is 8.06. The number of carbonyl (C=O) groups excluding carboxylic acids is 1. The molecule has 1 aromatic carbocycles. The summed E-state index contributed by atoms with van der Waals surface area (Å²) in [7, 11) is 0. The summed E-state index contributed by atoms with van der Waals surface area (Å²) in [6, 6.07) is 3.48. The van der Waals surface area contributed by atoms with Gasteiger partial charge in [-0.15, -0.1) is 0 Å². The summed E-state index contributed by atoms with van der Waals surface area (Å²) in [5.41, 5.74) is 5.66. The van der Waals surface area contributed by atoms with Gasteiger partial charge in [0.15, 0.2) is 0 Å². The zero-order chi connectivity index (χ0) is 12.8. The van der Waals surface area contributed by atoms with Crippen molar-refractivity contribution in [2.24, 2.45) is 5.73 Å². The molecule has 6 heteroatoms. The number of benzene rings is 1. The molecule has 1 aromatic rings. The fraction of sp³-hybridized carbons (Fsp3) is 0.364. The normalized spacial score (nSPS) is 12.1. The van der Waals surface area contributed by atoms with Crippen LogP contribution in [-0.4, -0.2) is 40.4 Å². The number of nitrogens with one attached hydrogen (secondary N) is 1. The average Bonchev–Trinajstić information content (AvgIpc) is 2.31.